The van der Waals surface area contributed by atoms with Crippen LogP contribution in [0, 0.1) is 5.82 Å². The van der Waals surface area contributed by atoms with Gasteiger partial charge in [0.25, 0.3) is 5.91 Å². The molecule has 0 aliphatic rings. The van der Waals surface area contributed by atoms with Crippen LogP contribution in [0.1, 0.15) is 12.5 Å². The molecule has 0 saturated heterocycles. The van der Waals surface area contributed by atoms with Crippen molar-refractivity contribution in [2.75, 3.05) is 20.1 Å². The molecule has 0 saturated carbocycles. The SMILES string of the molecule is CC[N+](C)(CC(N)=O)S(=O)(=O)Cc1cccc(F)c1. The van der Waals surface area contributed by atoms with Gasteiger partial charge in [-0.2, -0.15) is 8.42 Å². The summed E-state index contributed by atoms with van der Waals surface area (Å²) in [6.07, 6.45) is 0. The molecule has 2 N–H and O–H groups in total. The molecule has 106 valence electrons. The second kappa shape index (κ2) is 5.66. The molecule has 1 amide bonds. The lowest BCUT2D eigenvalue weighted by molar-refractivity contribution is -0.774. The maximum absolute atomic E-state index is 13.1. The summed E-state index contributed by atoms with van der Waals surface area (Å²) in [5.41, 5.74) is 5.44. The molecule has 7 heteroatoms. The lowest BCUT2D eigenvalue weighted by Crippen LogP contribution is -2.53. The van der Waals surface area contributed by atoms with E-state index < -0.39 is 25.6 Å². The predicted octanol–water partition coefficient (Wildman–Crippen LogP) is 0.607. The van der Waals surface area contributed by atoms with Crippen molar-refractivity contribution in [3.63, 3.8) is 0 Å². The van der Waals surface area contributed by atoms with E-state index in [0.29, 0.717) is 5.56 Å². The van der Waals surface area contributed by atoms with Gasteiger partial charge in [-0.1, -0.05) is 12.1 Å². The van der Waals surface area contributed by atoms with E-state index in [2.05, 4.69) is 0 Å². The fourth-order valence-corrected chi connectivity index (χ4v) is 3.36. The molecule has 0 aliphatic carbocycles. The van der Waals surface area contributed by atoms with Gasteiger partial charge < -0.3 is 5.73 Å². The number of nitrogens with zero attached hydrogens (tertiary/aromatic N) is 1. The molecular weight excluding hydrogens is 271 g/mol. The number of amides is 1. The van der Waals surface area contributed by atoms with Gasteiger partial charge in [-0.15, -0.1) is 0 Å². The fraction of sp³-hybridized carbons (Fsp3) is 0.417. The molecule has 1 aromatic rings. The molecule has 5 nitrogen and oxygen atoms in total. The van der Waals surface area contributed by atoms with E-state index in [1.165, 1.54) is 31.3 Å². The third-order valence-electron chi connectivity index (χ3n) is 3.07. The van der Waals surface area contributed by atoms with Gasteiger partial charge in [-0.05, 0) is 24.6 Å². The van der Waals surface area contributed by atoms with Crippen molar-refractivity contribution in [2.24, 2.45) is 5.73 Å². The van der Waals surface area contributed by atoms with Crippen LogP contribution in [-0.2, 0) is 20.6 Å². The average molecular weight is 289 g/mol. The summed E-state index contributed by atoms with van der Waals surface area (Å²) in [6, 6.07) is 5.39. The average Bonchev–Trinajstić information content (AvgIpc) is 2.27. The molecule has 0 spiro atoms. The van der Waals surface area contributed by atoms with Gasteiger partial charge in [0.05, 0.1) is 13.6 Å². The molecule has 0 heterocycles. The fourth-order valence-electron chi connectivity index (χ4n) is 1.73. The summed E-state index contributed by atoms with van der Waals surface area (Å²) < 4.78 is 37.3. The summed E-state index contributed by atoms with van der Waals surface area (Å²) >= 11 is 0. The van der Waals surface area contributed by atoms with Crippen molar-refractivity contribution in [1.82, 2.24) is 0 Å². The number of hydrogen-bond acceptors (Lipinski definition) is 3. The predicted molar refractivity (Wildman–Crippen MR) is 69.8 cm³/mol. The Labute approximate surface area is 112 Å². The lowest BCUT2D eigenvalue weighted by atomic mass is 10.2. The van der Waals surface area contributed by atoms with Crippen LogP contribution < -0.4 is 5.73 Å². The van der Waals surface area contributed by atoms with E-state index in [1.807, 2.05) is 0 Å². The molecule has 1 aromatic carbocycles. The van der Waals surface area contributed by atoms with Gasteiger partial charge in [0, 0.05) is 0 Å². The van der Waals surface area contributed by atoms with E-state index >= 15 is 0 Å². The third kappa shape index (κ3) is 3.74. The zero-order valence-corrected chi connectivity index (χ0v) is 11.8. The lowest BCUT2D eigenvalue weighted by Gasteiger charge is -2.30. The molecule has 0 fully saturated rings. The highest BCUT2D eigenvalue weighted by atomic mass is 32.2. The van der Waals surface area contributed by atoms with E-state index in [4.69, 9.17) is 5.73 Å². The van der Waals surface area contributed by atoms with Crippen LogP contribution in [-0.4, -0.2) is 38.4 Å². The van der Waals surface area contributed by atoms with Crippen LogP contribution >= 0.6 is 0 Å². The third-order valence-corrected chi connectivity index (χ3v) is 5.50. The Bertz CT molecular complexity index is 574. The van der Waals surface area contributed by atoms with Gasteiger partial charge in [0.2, 0.25) is 0 Å². The Morgan fingerprint density at radius 1 is 1.42 bits per heavy atom. The van der Waals surface area contributed by atoms with Crippen molar-refractivity contribution in [3.8, 4) is 0 Å². The molecule has 19 heavy (non-hydrogen) atoms. The summed E-state index contributed by atoms with van der Waals surface area (Å²) in [5, 5.41) is 0. The van der Waals surface area contributed by atoms with Crippen LogP contribution in [0.4, 0.5) is 4.39 Å². The standard InChI is InChI=1S/C12H17FN2O3S/c1-3-15(2,8-12(14)16)19(17,18)9-10-5-4-6-11(13)7-10/h4-7H,3,8-9H2,1-2H3,(H-,14,16)/p+1. The Hall–Kier alpha value is -1.47. The number of quaternary nitrogens is 1. The largest absolute Gasteiger partial charge is 0.365 e. The van der Waals surface area contributed by atoms with Crippen LogP contribution in [0.2, 0.25) is 0 Å². The number of hydrogen-bond donors (Lipinski definition) is 1. The number of nitrogens with two attached hydrogens (primary N) is 1. The molecule has 1 atom stereocenters. The van der Waals surface area contributed by atoms with Crippen LogP contribution in [0.5, 0.6) is 0 Å². The molecule has 0 aliphatic heterocycles. The maximum Gasteiger partial charge on any atom is 0.301 e. The van der Waals surface area contributed by atoms with Crippen molar-refractivity contribution >= 4 is 15.9 Å². The van der Waals surface area contributed by atoms with Gasteiger partial charge in [-0.25, -0.2) is 8.28 Å². The first kappa shape index (κ1) is 15.6. The number of halogens is 1. The second-order valence-corrected chi connectivity index (χ2v) is 6.93. The Morgan fingerprint density at radius 2 is 2.05 bits per heavy atom. The maximum atomic E-state index is 13.1. The molecule has 0 aromatic heterocycles. The van der Waals surface area contributed by atoms with Crippen molar-refractivity contribution in [2.45, 2.75) is 12.7 Å². The van der Waals surface area contributed by atoms with Crippen molar-refractivity contribution in [3.05, 3.63) is 35.6 Å². The molecule has 1 unspecified atom stereocenters. The number of carbonyl (C=O) groups is 1. The number of rotatable bonds is 6. The van der Waals surface area contributed by atoms with Crippen molar-refractivity contribution in [1.29, 1.82) is 0 Å². The summed E-state index contributed by atoms with van der Waals surface area (Å²) in [4.78, 5) is 11.0. The Balaban J connectivity index is 3.05. The van der Waals surface area contributed by atoms with E-state index in [-0.39, 0.29) is 18.8 Å². The van der Waals surface area contributed by atoms with Crippen molar-refractivity contribution < 1.29 is 21.5 Å². The Kier molecular flexibility index (Phi) is 4.65. The summed E-state index contributed by atoms with van der Waals surface area (Å²) in [7, 11) is -2.24. The number of likely N-dealkylation sites (N-methyl/N-ethyl adjacent to an activating group) is 1. The number of primary amides is 1. The van der Waals surface area contributed by atoms with Crippen LogP contribution in [0.25, 0.3) is 0 Å². The molecule has 0 bridgehead atoms. The number of carbonyl (C=O) groups excluding carboxylic acids is 1. The first-order valence-electron chi connectivity index (χ1n) is 5.80. The number of benzene rings is 1. The molecule has 0 radical (unpaired) electrons. The second-order valence-electron chi connectivity index (χ2n) is 4.59. The van der Waals surface area contributed by atoms with Gasteiger partial charge in [0.1, 0.15) is 11.6 Å². The van der Waals surface area contributed by atoms with Crippen LogP contribution in [0.3, 0.4) is 0 Å². The Morgan fingerprint density at radius 3 is 2.53 bits per heavy atom. The molecule has 1 rings (SSSR count). The first-order valence-corrected chi connectivity index (χ1v) is 7.41. The minimum absolute atomic E-state index is 0.209. The van der Waals surface area contributed by atoms with E-state index in [0.717, 1.165) is 0 Å². The number of sulfonamides is 1. The van der Waals surface area contributed by atoms with E-state index in [1.54, 1.807) is 6.92 Å². The summed E-state index contributed by atoms with van der Waals surface area (Å²) in [5.74, 6) is -1.51. The minimum Gasteiger partial charge on any atom is -0.365 e. The van der Waals surface area contributed by atoms with Crippen LogP contribution in [0.15, 0.2) is 24.3 Å². The topological polar surface area (TPSA) is 77.2 Å². The highest BCUT2D eigenvalue weighted by molar-refractivity contribution is 7.85. The minimum atomic E-state index is -3.67. The summed E-state index contributed by atoms with van der Waals surface area (Å²) in [6.45, 7) is 1.57. The normalized spacial score (nSPS) is 14.9. The molecular formula is C12H18FN2O3S+. The monoisotopic (exact) mass is 289 g/mol. The first-order chi connectivity index (χ1) is 8.70. The zero-order valence-electron chi connectivity index (χ0n) is 11.0. The zero-order chi connectivity index (χ0) is 14.7. The van der Waals surface area contributed by atoms with Gasteiger partial charge >= 0.3 is 10.0 Å². The quantitative estimate of drug-likeness (QED) is 0.779. The highest BCUT2D eigenvalue weighted by Crippen LogP contribution is 2.18. The smallest absolute Gasteiger partial charge is 0.301 e. The van der Waals surface area contributed by atoms with Gasteiger partial charge in [-0.3, -0.25) is 4.79 Å². The van der Waals surface area contributed by atoms with Gasteiger partial charge in [0.15, 0.2) is 6.54 Å². The highest BCUT2D eigenvalue weighted by Gasteiger charge is 2.37. The van der Waals surface area contributed by atoms with E-state index in [9.17, 15) is 17.6 Å².